The fraction of sp³-hybridized carbons (Fsp3) is 0.643. The summed E-state index contributed by atoms with van der Waals surface area (Å²) in [7, 11) is 0. The highest BCUT2D eigenvalue weighted by atomic mass is 16.5. The smallest absolute Gasteiger partial charge is 0.248 e. The molecule has 126 valence electrons. The third-order valence-electron chi connectivity index (χ3n) is 3.59. The minimum Gasteiger partial charge on any atom is -0.378 e. The highest BCUT2D eigenvalue weighted by molar-refractivity contribution is 5.45. The fourth-order valence-corrected chi connectivity index (χ4v) is 2.38. The van der Waals surface area contributed by atoms with Gasteiger partial charge in [0.15, 0.2) is 0 Å². The molecule has 9 nitrogen and oxygen atoms in total. The zero-order valence-corrected chi connectivity index (χ0v) is 13.4. The van der Waals surface area contributed by atoms with Crippen LogP contribution in [0.15, 0.2) is 12.3 Å². The first kappa shape index (κ1) is 15.8. The Morgan fingerprint density at radius 2 is 1.39 bits per heavy atom. The topological polar surface area (TPSA) is 87.7 Å². The van der Waals surface area contributed by atoms with Crippen molar-refractivity contribution in [1.29, 1.82) is 0 Å². The number of hydrogen-bond donors (Lipinski definition) is 2. The maximum absolute atomic E-state index is 5.40. The summed E-state index contributed by atoms with van der Waals surface area (Å²) in [4.78, 5) is 17.9. The zero-order chi connectivity index (χ0) is 16.1. The van der Waals surface area contributed by atoms with E-state index in [4.69, 9.17) is 9.47 Å². The van der Waals surface area contributed by atoms with Gasteiger partial charge in [-0.2, -0.15) is 15.0 Å². The quantitative estimate of drug-likeness (QED) is 0.727. The highest BCUT2D eigenvalue weighted by Crippen LogP contribution is 2.18. The van der Waals surface area contributed by atoms with Gasteiger partial charge in [0.2, 0.25) is 17.8 Å². The molecule has 1 aromatic rings. The predicted octanol–water partition coefficient (Wildman–Crippen LogP) is -0.00510. The molecule has 2 saturated heterocycles. The molecule has 0 amide bonds. The first-order valence-electron chi connectivity index (χ1n) is 7.81. The van der Waals surface area contributed by atoms with Crippen LogP contribution < -0.4 is 20.7 Å². The second-order valence-corrected chi connectivity index (χ2v) is 5.49. The van der Waals surface area contributed by atoms with Crippen molar-refractivity contribution in [2.75, 3.05) is 67.8 Å². The number of rotatable bonds is 5. The molecule has 0 unspecified atom stereocenters. The van der Waals surface area contributed by atoms with Gasteiger partial charge < -0.3 is 24.7 Å². The molecule has 2 N–H and O–H groups in total. The van der Waals surface area contributed by atoms with Crippen molar-refractivity contribution in [3.05, 3.63) is 12.3 Å². The van der Waals surface area contributed by atoms with Crippen molar-refractivity contribution in [2.24, 2.45) is 0 Å². The van der Waals surface area contributed by atoms with Crippen molar-refractivity contribution in [3.8, 4) is 0 Å². The van der Waals surface area contributed by atoms with Crippen molar-refractivity contribution in [1.82, 2.24) is 20.4 Å². The number of nitrogens with one attached hydrogen (secondary N) is 2. The van der Waals surface area contributed by atoms with Gasteiger partial charge in [0.25, 0.3) is 0 Å². The standard InChI is InChI=1S/C14H23N7O2/c1-11(2)18-19-12-15-13(20-3-7-22-8-4-20)17-14(16-12)21-5-9-23-10-6-21/h18H,1,3-10H2,2H3,(H,15,16,17,19). The number of anilines is 3. The van der Waals surface area contributed by atoms with Gasteiger partial charge in [0.05, 0.1) is 26.4 Å². The van der Waals surface area contributed by atoms with Gasteiger partial charge in [-0.1, -0.05) is 6.58 Å². The van der Waals surface area contributed by atoms with Crippen LogP contribution in [-0.2, 0) is 9.47 Å². The Labute approximate surface area is 135 Å². The molecule has 2 fully saturated rings. The number of hydrogen-bond acceptors (Lipinski definition) is 9. The second-order valence-electron chi connectivity index (χ2n) is 5.49. The highest BCUT2D eigenvalue weighted by Gasteiger charge is 2.20. The summed E-state index contributed by atoms with van der Waals surface area (Å²) < 4.78 is 10.8. The molecule has 0 bridgehead atoms. The Morgan fingerprint density at radius 1 is 0.913 bits per heavy atom. The van der Waals surface area contributed by atoms with Crippen LogP contribution in [0.25, 0.3) is 0 Å². The van der Waals surface area contributed by atoms with Crippen molar-refractivity contribution >= 4 is 17.8 Å². The normalized spacial score (nSPS) is 18.7. The van der Waals surface area contributed by atoms with Crippen molar-refractivity contribution in [2.45, 2.75) is 6.92 Å². The van der Waals surface area contributed by atoms with Gasteiger partial charge in [0, 0.05) is 31.9 Å². The molecule has 0 radical (unpaired) electrons. The summed E-state index contributed by atoms with van der Waals surface area (Å²) in [5.41, 5.74) is 6.70. The molecule has 1 aromatic heterocycles. The van der Waals surface area contributed by atoms with E-state index in [1.807, 2.05) is 6.92 Å². The van der Waals surface area contributed by atoms with E-state index in [1.165, 1.54) is 0 Å². The number of ether oxygens (including phenoxy) is 2. The molecule has 0 aliphatic carbocycles. The third kappa shape index (κ3) is 4.20. The van der Waals surface area contributed by atoms with E-state index in [-0.39, 0.29) is 0 Å². The largest absolute Gasteiger partial charge is 0.378 e. The van der Waals surface area contributed by atoms with E-state index in [9.17, 15) is 0 Å². The lowest BCUT2D eigenvalue weighted by Gasteiger charge is -2.30. The van der Waals surface area contributed by atoms with Gasteiger partial charge >= 0.3 is 0 Å². The van der Waals surface area contributed by atoms with Gasteiger partial charge in [-0.25, -0.2) is 0 Å². The molecule has 0 spiro atoms. The molecule has 3 heterocycles. The molecule has 0 aromatic carbocycles. The average Bonchev–Trinajstić information content (AvgIpc) is 2.61. The van der Waals surface area contributed by atoms with E-state index in [1.54, 1.807) is 0 Å². The Morgan fingerprint density at radius 3 is 1.83 bits per heavy atom. The van der Waals surface area contributed by atoms with E-state index in [2.05, 4.69) is 42.2 Å². The summed E-state index contributed by atoms with van der Waals surface area (Å²) in [6, 6.07) is 0. The summed E-state index contributed by atoms with van der Waals surface area (Å²) in [5, 5.41) is 0. The van der Waals surface area contributed by atoms with Gasteiger partial charge in [-0.05, 0) is 6.92 Å². The maximum atomic E-state index is 5.40. The Hall–Kier alpha value is -2.13. The molecular formula is C14H23N7O2. The molecule has 3 rings (SSSR count). The molecule has 23 heavy (non-hydrogen) atoms. The summed E-state index contributed by atoms with van der Waals surface area (Å²) in [6.07, 6.45) is 0. The molecular weight excluding hydrogens is 298 g/mol. The lowest BCUT2D eigenvalue weighted by Crippen LogP contribution is -2.40. The second kappa shape index (κ2) is 7.42. The van der Waals surface area contributed by atoms with E-state index >= 15 is 0 Å². The zero-order valence-electron chi connectivity index (χ0n) is 13.4. The molecule has 9 heteroatoms. The number of morpholine rings is 2. The van der Waals surface area contributed by atoms with Crippen LogP contribution in [0.3, 0.4) is 0 Å². The maximum Gasteiger partial charge on any atom is 0.248 e. The van der Waals surface area contributed by atoms with Crippen LogP contribution in [0.5, 0.6) is 0 Å². The number of nitrogens with zero attached hydrogens (tertiary/aromatic N) is 5. The van der Waals surface area contributed by atoms with Crippen LogP contribution in [0.4, 0.5) is 17.8 Å². The number of hydrazine groups is 1. The Bertz CT molecular complexity index is 506. The minimum absolute atomic E-state index is 0.478. The van der Waals surface area contributed by atoms with Gasteiger partial charge in [-0.15, -0.1) is 0 Å². The van der Waals surface area contributed by atoms with Crippen molar-refractivity contribution in [3.63, 3.8) is 0 Å². The van der Waals surface area contributed by atoms with Crippen LogP contribution in [0.2, 0.25) is 0 Å². The van der Waals surface area contributed by atoms with Crippen LogP contribution in [0.1, 0.15) is 6.92 Å². The Kier molecular flexibility index (Phi) is 5.09. The van der Waals surface area contributed by atoms with E-state index in [0.717, 1.165) is 31.9 Å². The SMILES string of the molecule is C=C(C)NNc1nc(N2CCOCC2)nc(N2CCOCC2)n1. The lowest BCUT2D eigenvalue weighted by atomic mass is 10.4. The summed E-state index contributed by atoms with van der Waals surface area (Å²) >= 11 is 0. The number of aromatic nitrogens is 3. The Balaban J connectivity index is 1.83. The van der Waals surface area contributed by atoms with Crippen LogP contribution in [0, 0.1) is 0 Å². The molecule has 2 aliphatic rings. The van der Waals surface area contributed by atoms with E-state index in [0.29, 0.717) is 44.3 Å². The summed E-state index contributed by atoms with van der Waals surface area (Å²) in [5.74, 6) is 1.80. The molecule has 2 aliphatic heterocycles. The van der Waals surface area contributed by atoms with Gasteiger partial charge in [-0.3, -0.25) is 5.43 Å². The number of allylic oxidation sites excluding steroid dienone is 1. The lowest BCUT2D eigenvalue weighted by molar-refractivity contribution is 0.121. The van der Waals surface area contributed by atoms with E-state index < -0.39 is 0 Å². The average molecular weight is 321 g/mol. The van der Waals surface area contributed by atoms with Crippen LogP contribution >= 0.6 is 0 Å². The first-order valence-corrected chi connectivity index (χ1v) is 7.81. The summed E-state index contributed by atoms with van der Waals surface area (Å²) in [6.45, 7) is 11.5. The first-order chi connectivity index (χ1) is 11.2. The predicted molar refractivity (Wildman–Crippen MR) is 87.5 cm³/mol. The van der Waals surface area contributed by atoms with Crippen LogP contribution in [-0.4, -0.2) is 67.6 Å². The minimum atomic E-state index is 0.478. The third-order valence-corrected chi connectivity index (χ3v) is 3.59. The van der Waals surface area contributed by atoms with Crippen molar-refractivity contribution < 1.29 is 9.47 Å². The fourth-order valence-electron chi connectivity index (χ4n) is 2.38. The molecule has 0 atom stereocenters. The molecule has 0 saturated carbocycles. The monoisotopic (exact) mass is 321 g/mol. The van der Waals surface area contributed by atoms with Gasteiger partial charge in [0.1, 0.15) is 0 Å².